The Morgan fingerprint density at radius 1 is 0.792 bits per heavy atom. The fourth-order valence-electron chi connectivity index (χ4n) is 4.94. The maximum Gasteiger partial charge on any atom is 0.415 e. The Hall–Kier alpha value is -6.56. The van der Waals surface area contributed by atoms with E-state index in [0.29, 0.717) is 28.9 Å². The van der Waals surface area contributed by atoms with Gasteiger partial charge >= 0.3 is 18.0 Å². The van der Waals surface area contributed by atoms with Gasteiger partial charge in [-0.25, -0.2) is 9.59 Å². The first kappa shape index (κ1) is 39.2. The first-order valence-corrected chi connectivity index (χ1v) is 16.7. The third kappa shape index (κ3) is 10.5. The number of amides is 3. The van der Waals surface area contributed by atoms with Crippen molar-refractivity contribution in [2.45, 2.75) is 34.6 Å². The Morgan fingerprint density at radius 3 is 2.00 bits per heavy atom. The van der Waals surface area contributed by atoms with E-state index in [9.17, 15) is 29.1 Å². The SMILES string of the molecule is C=Cc1ccc(-c2ccc(-c3ccc(C(=O)NCC(C)C)cc3C(=O)O)c(C(=O)Nc3ccc(C(=N)NC(=O)OCOC(=O)C(C)(C)C)cc3)c2)cc1. The van der Waals surface area contributed by atoms with Gasteiger partial charge < -0.3 is 25.2 Å². The standard InChI is InChI=1S/C41H42N4O8/c1-7-25-8-10-26(11-9-25)28-14-18-31(32-19-15-29(21-34(32)38(48)49)36(46)43-22-24(2)3)33(20-28)37(47)44-30-16-12-27(13-17-30)35(42)45-40(51)53-23-52-39(50)41(4,5)6/h7-21,24H,1,22-23H2,2-6H3,(H,43,46)(H,44,47)(H,48,49)(H2,42,45,51). The minimum absolute atomic E-state index is 0.152. The fourth-order valence-corrected chi connectivity index (χ4v) is 4.94. The summed E-state index contributed by atoms with van der Waals surface area (Å²) in [6.45, 7) is 12.5. The Balaban J connectivity index is 1.60. The predicted molar refractivity (Wildman–Crippen MR) is 203 cm³/mol. The molecule has 4 aromatic rings. The van der Waals surface area contributed by atoms with E-state index >= 15 is 0 Å². The van der Waals surface area contributed by atoms with E-state index in [-0.39, 0.29) is 34.0 Å². The number of esters is 1. The molecule has 0 saturated carbocycles. The molecule has 0 atom stereocenters. The molecule has 3 amide bonds. The molecular weight excluding hydrogens is 676 g/mol. The van der Waals surface area contributed by atoms with Crippen molar-refractivity contribution in [2.75, 3.05) is 18.7 Å². The summed E-state index contributed by atoms with van der Waals surface area (Å²) in [5.41, 5.74) is 3.06. The van der Waals surface area contributed by atoms with Crippen LogP contribution in [0.15, 0.2) is 91.5 Å². The molecule has 0 fully saturated rings. The van der Waals surface area contributed by atoms with Crippen molar-refractivity contribution in [1.29, 1.82) is 5.41 Å². The average molecular weight is 719 g/mol. The van der Waals surface area contributed by atoms with Crippen molar-refractivity contribution in [3.63, 3.8) is 0 Å². The molecule has 0 radical (unpaired) electrons. The lowest BCUT2D eigenvalue weighted by Crippen LogP contribution is -2.32. The lowest BCUT2D eigenvalue weighted by Gasteiger charge is -2.16. The van der Waals surface area contributed by atoms with Crippen LogP contribution in [0.1, 0.15) is 76.8 Å². The van der Waals surface area contributed by atoms with Crippen LogP contribution in [-0.2, 0) is 14.3 Å². The zero-order chi connectivity index (χ0) is 38.9. The second-order valence-electron chi connectivity index (χ2n) is 13.5. The number of carboxylic acid groups (broad SMARTS) is 1. The number of hydrogen-bond donors (Lipinski definition) is 5. The van der Waals surface area contributed by atoms with Gasteiger partial charge in [-0.3, -0.25) is 25.1 Å². The molecule has 0 unspecified atom stereocenters. The largest absolute Gasteiger partial charge is 0.478 e. The van der Waals surface area contributed by atoms with Crippen LogP contribution in [0.4, 0.5) is 10.5 Å². The van der Waals surface area contributed by atoms with Crippen LogP contribution in [0.25, 0.3) is 28.3 Å². The number of benzene rings is 4. The summed E-state index contributed by atoms with van der Waals surface area (Å²) in [6.07, 6.45) is 0.721. The monoisotopic (exact) mass is 718 g/mol. The van der Waals surface area contributed by atoms with Gasteiger partial charge in [-0.1, -0.05) is 69.0 Å². The third-order valence-corrected chi connectivity index (χ3v) is 7.87. The lowest BCUT2D eigenvalue weighted by atomic mass is 9.90. The quantitative estimate of drug-likeness (QED) is 0.0429. The van der Waals surface area contributed by atoms with Gasteiger partial charge in [0, 0.05) is 28.9 Å². The van der Waals surface area contributed by atoms with Crippen molar-refractivity contribution in [2.24, 2.45) is 11.3 Å². The van der Waals surface area contributed by atoms with Gasteiger partial charge in [0.15, 0.2) is 0 Å². The number of carbonyl (C=O) groups is 5. The normalized spacial score (nSPS) is 10.9. The highest BCUT2D eigenvalue weighted by molar-refractivity contribution is 6.12. The van der Waals surface area contributed by atoms with Crippen LogP contribution >= 0.6 is 0 Å². The number of carbonyl (C=O) groups excluding carboxylic acids is 4. The molecule has 0 aliphatic carbocycles. The molecule has 4 rings (SSSR count). The second-order valence-corrected chi connectivity index (χ2v) is 13.5. The summed E-state index contributed by atoms with van der Waals surface area (Å²) < 4.78 is 9.73. The number of alkyl carbamates (subject to hydrolysis) is 1. The molecule has 0 bridgehead atoms. The molecule has 0 saturated heterocycles. The predicted octanol–water partition coefficient (Wildman–Crippen LogP) is 7.60. The maximum atomic E-state index is 14.0. The van der Waals surface area contributed by atoms with Crippen LogP contribution in [0, 0.1) is 16.7 Å². The zero-order valence-electron chi connectivity index (χ0n) is 30.2. The maximum absolute atomic E-state index is 14.0. The van der Waals surface area contributed by atoms with E-state index < -0.39 is 42.1 Å². The number of anilines is 1. The van der Waals surface area contributed by atoms with E-state index in [0.717, 1.165) is 11.1 Å². The molecule has 53 heavy (non-hydrogen) atoms. The molecule has 12 nitrogen and oxygen atoms in total. The summed E-state index contributed by atoms with van der Waals surface area (Å²) in [4.78, 5) is 63.3. The van der Waals surface area contributed by atoms with Gasteiger partial charge in [0.05, 0.1) is 11.0 Å². The summed E-state index contributed by atoms with van der Waals surface area (Å²) in [6, 6.07) is 23.1. The summed E-state index contributed by atoms with van der Waals surface area (Å²) in [7, 11) is 0. The lowest BCUT2D eigenvalue weighted by molar-refractivity contribution is -0.161. The smallest absolute Gasteiger partial charge is 0.415 e. The average Bonchev–Trinajstić information content (AvgIpc) is 3.13. The van der Waals surface area contributed by atoms with E-state index in [1.165, 1.54) is 42.5 Å². The minimum atomic E-state index is -1.27. The van der Waals surface area contributed by atoms with Gasteiger partial charge in [0.1, 0.15) is 5.84 Å². The number of nitrogens with one attached hydrogen (secondary N) is 4. The van der Waals surface area contributed by atoms with Crippen LogP contribution < -0.4 is 16.0 Å². The van der Waals surface area contributed by atoms with Crippen molar-refractivity contribution in [3.8, 4) is 22.3 Å². The first-order valence-electron chi connectivity index (χ1n) is 16.7. The van der Waals surface area contributed by atoms with E-state index in [1.807, 2.05) is 38.1 Å². The molecule has 5 N–H and O–H groups in total. The Labute approximate surface area is 307 Å². The van der Waals surface area contributed by atoms with Crippen LogP contribution in [0.5, 0.6) is 0 Å². The number of rotatable bonds is 12. The van der Waals surface area contributed by atoms with Gasteiger partial charge in [0.2, 0.25) is 6.79 Å². The van der Waals surface area contributed by atoms with Crippen LogP contribution in [-0.4, -0.2) is 54.1 Å². The second kappa shape index (κ2) is 17.1. The molecule has 274 valence electrons. The molecular formula is C41H42N4O8. The Bertz CT molecular complexity index is 2050. The Morgan fingerprint density at radius 2 is 1.40 bits per heavy atom. The number of hydrogen-bond acceptors (Lipinski definition) is 8. The highest BCUT2D eigenvalue weighted by atomic mass is 16.7. The Kier molecular flexibility index (Phi) is 12.7. The summed E-state index contributed by atoms with van der Waals surface area (Å²) in [5, 5.41) is 26.3. The number of ether oxygens (including phenoxy) is 2. The van der Waals surface area contributed by atoms with E-state index in [4.69, 9.17) is 14.9 Å². The molecule has 4 aromatic carbocycles. The third-order valence-electron chi connectivity index (χ3n) is 7.87. The first-order chi connectivity index (χ1) is 25.1. The van der Waals surface area contributed by atoms with Gasteiger partial charge in [-0.15, -0.1) is 0 Å². The molecule has 0 spiro atoms. The molecule has 12 heteroatoms. The zero-order valence-corrected chi connectivity index (χ0v) is 30.2. The number of amidine groups is 1. The number of aromatic carboxylic acids is 1. The molecule has 0 aliphatic heterocycles. The molecule has 0 heterocycles. The van der Waals surface area contributed by atoms with Gasteiger partial charge in [-0.2, -0.15) is 0 Å². The van der Waals surface area contributed by atoms with Gasteiger partial charge in [-0.05, 0) is 97.0 Å². The van der Waals surface area contributed by atoms with E-state index in [2.05, 4.69) is 22.5 Å². The van der Waals surface area contributed by atoms with Crippen molar-refractivity contribution >= 4 is 47.4 Å². The van der Waals surface area contributed by atoms with E-state index in [1.54, 1.807) is 45.0 Å². The summed E-state index contributed by atoms with van der Waals surface area (Å²) in [5.74, 6) is -2.87. The molecule has 0 aromatic heterocycles. The highest BCUT2D eigenvalue weighted by Crippen LogP contribution is 2.33. The van der Waals surface area contributed by atoms with Crippen molar-refractivity contribution in [3.05, 3.63) is 119 Å². The highest BCUT2D eigenvalue weighted by Gasteiger charge is 2.24. The fraction of sp³-hybridized carbons (Fsp3) is 0.220. The topological polar surface area (TPSA) is 184 Å². The van der Waals surface area contributed by atoms with Crippen LogP contribution in [0.3, 0.4) is 0 Å². The van der Waals surface area contributed by atoms with Gasteiger partial charge in [0.25, 0.3) is 11.8 Å². The number of carboxylic acids is 1. The van der Waals surface area contributed by atoms with Crippen molar-refractivity contribution in [1.82, 2.24) is 10.6 Å². The van der Waals surface area contributed by atoms with Crippen LogP contribution in [0.2, 0.25) is 0 Å². The summed E-state index contributed by atoms with van der Waals surface area (Å²) >= 11 is 0. The molecule has 0 aliphatic rings. The minimum Gasteiger partial charge on any atom is -0.478 e. The van der Waals surface area contributed by atoms with Crippen molar-refractivity contribution < 1.29 is 38.6 Å².